The minimum atomic E-state index is -0.321. The summed E-state index contributed by atoms with van der Waals surface area (Å²) in [5.41, 5.74) is 0.878. The Morgan fingerprint density at radius 1 is 1.42 bits per heavy atom. The lowest BCUT2D eigenvalue weighted by molar-refractivity contribution is 0.102. The predicted octanol–water partition coefficient (Wildman–Crippen LogP) is 2.16. The second-order valence-corrected chi connectivity index (χ2v) is 4.97. The lowest BCUT2D eigenvalue weighted by Gasteiger charge is -2.08. The summed E-state index contributed by atoms with van der Waals surface area (Å²) in [6.07, 6.45) is 5.10. The van der Waals surface area contributed by atoms with Gasteiger partial charge in [-0.3, -0.25) is 4.79 Å². The minimum Gasteiger partial charge on any atom is -0.492 e. The summed E-state index contributed by atoms with van der Waals surface area (Å²) in [6, 6.07) is 7.16. The SMILES string of the molecule is CCc1nc(C(=O)Nc2cccc(OCCn3cncn3)c2)co1. The first-order valence-electron chi connectivity index (χ1n) is 7.55. The van der Waals surface area contributed by atoms with Crippen LogP contribution in [0, 0.1) is 0 Å². The molecule has 8 heteroatoms. The average Bonchev–Trinajstić information content (AvgIpc) is 3.27. The van der Waals surface area contributed by atoms with E-state index >= 15 is 0 Å². The molecule has 0 atom stereocenters. The molecule has 3 rings (SSSR count). The van der Waals surface area contributed by atoms with Crippen molar-refractivity contribution in [2.24, 2.45) is 0 Å². The van der Waals surface area contributed by atoms with E-state index in [2.05, 4.69) is 20.4 Å². The largest absolute Gasteiger partial charge is 0.492 e. The first-order chi connectivity index (χ1) is 11.7. The van der Waals surface area contributed by atoms with Gasteiger partial charge in [0.1, 0.15) is 31.3 Å². The molecule has 24 heavy (non-hydrogen) atoms. The monoisotopic (exact) mass is 327 g/mol. The molecule has 0 aliphatic rings. The van der Waals surface area contributed by atoms with E-state index in [0.717, 1.165) is 0 Å². The van der Waals surface area contributed by atoms with Gasteiger partial charge in [-0.15, -0.1) is 0 Å². The van der Waals surface area contributed by atoms with Crippen molar-refractivity contribution in [2.45, 2.75) is 19.9 Å². The summed E-state index contributed by atoms with van der Waals surface area (Å²) in [7, 11) is 0. The second kappa shape index (κ2) is 7.40. The third-order valence-corrected chi connectivity index (χ3v) is 3.23. The van der Waals surface area contributed by atoms with Crippen LogP contribution in [0.4, 0.5) is 5.69 Å². The number of carbonyl (C=O) groups is 1. The Bertz CT molecular complexity index is 798. The van der Waals surface area contributed by atoms with Gasteiger partial charge >= 0.3 is 0 Å². The fourth-order valence-electron chi connectivity index (χ4n) is 2.04. The van der Waals surface area contributed by atoms with Crippen molar-refractivity contribution in [1.29, 1.82) is 0 Å². The van der Waals surface area contributed by atoms with E-state index in [-0.39, 0.29) is 11.6 Å². The molecule has 1 amide bonds. The second-order valence-electron chi connectivity index (χ2n) is 4.97. The van der Waals surface area contributed by atoms with Gasteiger partial charge in [0.2, 0.25) is 0 Å². The van der Waals surface area contributed by atoms with Crippen LogP contribution in [0.25, 0.3) is 0 Å². The van der Waals surface area contributed by atoms with Gasteiger partial charge in [0.15, 0.2) is 11.6 Å². The number of carbonyl (C=O) groups excluding carboxylic acids is 1. The lowest BCUT2D eigenvalue weighted by Crippen LogP contribution is -2.13. The van der Waals surface area contributed by atoms with Crippen molar-refractivity contribution < 1.29 is 13.9 Å². The predicted molar refractivity (Wildman–Crippen MR) is 85.8 cm³/mol. The van der Waals surface area contributed by atoms with Crippen LogP contribution in [0.2, 0.25) is 0 Å². The Balaban J connectivity index is 1.57. The summed E-state index contributed by atoms with van der Waals surface area (Å²) < 4.78 is 12.5. The Kier molecular flexibility index (Phi) is 4.85. The molecule has 0 radical (unpaired) electrons. The number of amides is 1. The van der Waals surface area contributed by atoms with Gasteiger partial charge in [0.05, 0.1) is 6.54 Å². The van der Waals surface area contributed by atoms with E-state index in [0.29, 0.717) is 36.9 Å². The van der Waals surface area contributed by atoms with Crippen molar-refractivity contribution >= 4 is 11.6 Å². The number of anilines is 1. The fraction of sp³-hybridized carbons (Fsp3) is 0.250. The van der Waals surface area contributed by atoms with E-state index in [1.807, 2.05) is 13.0 Å². The topological polar surface area (TPSA) is 95.1 Å². The highest BCUT2D eigenvalue weighted by Crippen LogP contribution is 2.18. The molecule has 0 spiro atoms. The first-order valence-corrected chi connectivity index (χ1v) is 7.55. The number of rotatable bonds is 7. The molecule has 3 aromatic rings. The summed E-state index contributed by atoms with van der Waals surface area (Å²) >= 11 is 0. The molecule has 0 unspecified atom stereocenters. The quantitative estimate of drug-likeness (QED) is 0.714. The smallest absolute Gasteiger partial charge is 0.277 e. The number of aromatic nitrogens is 4. The van der Waals surface area contributed by atoms with E-state index in [9.17, 15) is 4.79 Å². The van der Waals surface area contributed by atoms with E-state index in [1.54, 1.807) is 29.2 Å². The third kappa shape index (κ3) is 3.97. The number of nitrogens with zero attached hydrogens (tertiary/aromatic N) is 4. The van der Waals surface area contributed by atoms with Crippen LogP contribution < -0.4 is 10.1 Å². The molecule has 0 aliphatic heterocycles. The highest BCUT2D eigenvalue weighted by Gasteiger charge is 2.12. The van der Waals surface area contributed by atoms with Crippen LogP contribution in [0.1, 0.15) is 23.3 Å². The number of nitrogens with one attached hydrogen (secondary N) is 1. The van der Waals surface area contributed by atoms with Gasteiger partial charge in [-0.05, 0) is 12.1 Å². The summed E-state index contributed by atoms with van der Waals surface area (Å²) in [6.45, 7) is 2.95. The highest BCUT2D eigenvalue weighted by atomic mass is 16.5. The van der Waals surface area contributed by atoms with E-state index < -0.39 is 0 Å². The molecular weight excluding hydrogens is 310 g/mol. The number of hydrogen-bond acceptors (Lipinski definition) is 6. The van der Waals surface area contributed by atoms with Crippen molar-refractivity contribution in [1.82, 2.24) is 19.7 Å². The zero-order valence-corrected chi connectivity index (χ0v) is 13.2. The van der Waals surface area contributed by atoms with Crippen molar-refractivity contribution in [3.8, 4) is 5.75 Å². The van der Waals surface area contributed by atoms with Crippen LogP contribution in [0.15, 0.2) is 47.6 Å². The van der Waals surface area contributed by atoms with E-state index in [1.165, 1.54) is 12.6 Å². The lowest BCUT2D eigenvalue weighted by atomic mass is 10.3. The molecular formula is C16H17N5O3. The normalized spacial score (nSPS) is 10.5. The van der Waals surface area contributed by atoms with Crippen molar-refractivity contribution in [2.75, 3.05) is 11.9 Å². The summed E-state index contributed by atoms with van der Waals surface area (Å²) in [4.78, 5) is 20.1. The Morgan fingerprint density at radius 2 is 2.33 bits per heavy atom. The number of benzene rings is 1. The third-order valence-electron chi connectivity index (χ3n) is 3.23. The van der Waals surface area contributed by atoms with Crippen LogP contribution in [0.5, 0.6) is 5.75 Å². The van der Waals surface area contributed by atoms with Gasteiger partial charge in [0, 0.05) is 18.2 Å². The van der Waals surface area contributed by atoms with Gasteiger partial charge in [0.25, 0.3) is 5.91 Å². The zero-order valence-electron chi connectivity index (χ0n) is 13.2. The van der Waals surface area contributed by atoms with Crippen molar-refractivity contribution in [3.63, 3.8) is 0 Å². The van der Waals surface area contributed by atoms with Crippen LogP contribution in [-0.2, 0) is 13.0 Å². The summed E-state index contributed by atoms with van der Waals surface area (Å²) in [5.74, 6) is 0.867. The Labute approximate surface area is 138 Å². The molecule has 1 aromatic carbocycles. The standard InChI is InChI=1S/C16H17N5O3/c1-2-15-20-14(9-24-15)16(22)19-12-4-3-5-13(8-12)23-7-6-21-11-17-10-18-21/h3-5,8-11H,2,6-7H2,1H3,(H,19,22). The number of ether oxygens (including phenoxy) is 1. The fourth-order valence-corrected chi connectivity index (χ4v) is 2.04. The molecule has 124 valence electrons. The van der Waals surface area contributed by atoms with Gasteiger partial charge < -0.3 is 14.5 Å². The molecule has 1 N–H and O–H groups in total. The maximum atomic E-state index is 12.1. The molecule has 0 saturated carbocycles. The Morgan fingerprint density at radius 3 is 3.08 bits per heavy atom. The molecule has 0 bridgehead atoms. The minimum absolute atomic E-state index is 0.254. The molecule has 0 fully saturated rings. The highest BCUT2D eigenvalue weighted by molar-refractivity contribution is 6.02. The van der Waals surface area contributed by atoms with Gasteiger partial charge in [-0.2, -0.15) is 5.10 Å². The van der Waals surface area contributed by atoms with Crippen LogP contribution >= 0.6 is 0 Å². The molecule has 2 heterocycles. The average molecular weight is 327 g/mol. The number of oxazole rings is 1. The maximum absolute atomic E-state index is 12.1. The van der Waals surface area contributed by atoms with Gasteiger partial charge in [-0.1, -0.05) is 13.0 Å². The Hall–Kier alpha value is -3.16. The summed E-state index contributed by atoms with van der Waals surface area (Å²) in [5, 5.41) is 6.77. The number of aryl methyl sites for hydroxylation is 1. The zero-order chi connectivity index (χ0) is 16.8. The molecule has 8 nitrogen and oxygen atoms in total. The first kappa shape index (κ1) is 15.7. The van der Waals surface area contributed by atoms with Gasteiger partial charge in [-0.25, -0.2) is 14.6 Å². The number of hydrogen-bond donors (Lipinski definition) is 1. The molecule has 2 aromatic heterocycles. The van der Waals surface area contributed by atoms with Crippen LogP contribution in [0.3, 0.4) is 0 Å². The van der Waals surface area contributed by atoms with Crippen LogP contribution in [-0.4, -0.2) is 32.3 Å². The molecule has 0 aliphatic carbocycles. The maximum Gasteiger partial charge on any atom is 0.277 e. The molecule has 0 saturated heterocycles. The van der Waals surface area contributed by atoms with Crippen molar-refractivity contribution in [3.05, 3.63) is 54.8 Å². The van der Waals surface area contributed by atoms with E-state index in [4.69, 9.17) is 9.15 Å².